The minimum atomic E-state index is -0.325. The number of pyridine rings is 1. The second-order valence-corrected chi connectivity index (χ2v) is 4.41. The fourth-order valence-electron chi connectivity index (χ4n) is 1.94. The lowest BCUT2D eigenvalue weighted by atomic mass is 10.2. The summed E-state index contributed by atoms with van der Waals surface area (Å²) < 4.78 is 5.39. The third-order valence-electron chi connectivity index (χ3n) is 3.09. The molecule has 1 aromatic rings. The SMILES string of the molecule is CC1COCCN1Cc1ccc(C(=O)NN)cn1. The van der Waals surface area contributed by atoms with E-state index in [2.05, 4.69) is 22.2 Å². The lowest BCUT2D eigenvalue weighted by Gasteiger charge is -2.32. The normalized spacial score (nSPS) is 20.7. The van der Waals surface area contributed by atoms with Gasteiger partial charge in [0, 0.05) is 25.3 Å². The van der Waals surface area contributed by atoms with Crippen LogP contribution < -0.4 is 11.3 Å². The quantitative estimate of drug-likeness (QED) is 0.445. The molecule has 3 N–H and O–H groups in total. The van der Waals surface area contributed by atoms with Crippen LogP contribution in [-0.4, -0.2) is 41.6 Å². The minimum absolute atomic E-state index is 0.325. The van der Waals surface area contributed by atoms with Gasteiger partial charge in [-0.25, -0.2) is 5.84 Å². The average molecular weight is 250 g/mol. The third-order valence-corrected chi connectivity index (χ3v) is 3.09. The number of ether oxygens (including phenoxy) is 1. The predicted molar refractivity (Wildman–Crippen MR) is 66.6 cm³/mol. The number of nitrogens with zero attached hydrogens (tertiary/aromatic N) is 2. The lowest BCUT2D eigenvalue weighted by Crippen LogP contribution is -2.43. The van der Waals surface area contributed by atoms with Crippen molar-refractivity contribution in [2.24, 2.45) is 5.84 Å². The molecule has 1 saturated heterocycles. The molecule has 1 fully saturated rings. The Kier molecular flexibility index (Phi) is 4.24. The zero-order valence-electron chi connectivity index (χ0n) is 10.4. The Morgan fingerprint density at radius 3 is 3.11 bits per heavy atom. The molecule has 2 heterocycles. The summed E-state index contributed by atoms with van der Waals surface area (Å²) in [5.41, 5.74) is 3.49. The highest BCUT2D eigenvalue weighted by molar-refractivity contribution is 5.93. The second-order valence-electron chi connectivity index (χ2n) is 4.41. The maximum Gasteiger partial charge on any atom is 0.266 e. The van der Waals surface area contributed by atoms with Gasteiger partial charge in [0.25, 0.3) is 5.91 Å². The summed E-state index contributed by atoms with van der Waals surface area (Å²) in [4.78, 5) is 17.9. The predicted octanol–water partition coefficient (Wildman–Crippen LogP) is -0.0942. The van der Waals surface area contributed by atoms with Crippen LogP contribution >= 0.6 is 0 Å². The van der Waals surface area contributed by atoms with Crippen molar-refractivity contribution in [2.75, 3.05) is 19.8 Å². The van der Waals surface area contributed by atoms with Crippen molar-refractivity contribution in [1.29, 1.82) is 0 Å². The molecule has 0 bridgehead atoms. The summed E-state index contributed by atoms with van der Waals surface area (Å²) in [6.45, 7) is 5.34. The maximum atomic E-state index is 11.3. The van der Waals surface area contributed by atoms with Crippen LogP contribution in [0.5, 0.6) is 0 Å². The summed E-state index contributed by atoms with van der Waals surface area (Å²) in [5, 5.41) is 0. The minimum Gasteiger partial charge on any atom is -0.379 e. The first-order chi connectivity index (χ1) is 8.70. The second kappa shape index (κ2) is 5.90. The van der Waals surface area contributed by atoms with Crippen molar-refractivity contribution >= 4 is 5.91 Å². The van der Waals surface area contributed by atoms with Gasteiger partial charge >= 0.3 is 0 Å². The maximum absolute atomic E-state index is 11.3. The number of nitrogens with one attached hydrogen (secondary N) is 1. The van der Waals surface area contributed by atoms with E-state index in [1.807, 2.05) is 6.07 Å². The van der Waals surface area contributed by atoms with Crippen LogP contribution in [0.3, 0.4) is 0 Å². The molecule has 6 heteroatoms. The van der Waals surface area contributed by atoms with E-state index in [4.69, 9.17) is 10.6 Å². The fourth-order valence-corrected chi connectivity index (χ4v) is 1.94. The summed E-state index contributed by atoms with van der Waals surface area (Å²) in [6, 6.07) is 3.98. The van der Waals surface area contributed by atoms with Crippen LogP contribution in [0.1, 0.15) is 23.0 Å². The molecule has 18 heavy (non-hydrogen) atoms. The van der Waals surface area contributed by atoms with Crippen LogP contribution in [-0.2, 0) is 11.3 Å². The molecular weight excluding hydrogens is 232 g/mol. The molecule has 1 aromatic heterocycles. The number of amides is 1. The van der Waals surface area contributed by atoms with Crippen molar-refractivity contribution in [2.45, 2.75) is 19.5 Å². The molecule has 1 atom stereocenters. The van der Waals surface area contributed by atoms with Crippen LogP contribution in [0, 0.1) is 0 Å². The summed E-state index contributed by atoms with van der Waals surface area (Å²) in [5.74, 6) is 4.74. The zero-order valence-corrected chi connectivity index (χ0v) is 10.4. The summed E-state index contributed by atoms with van der Waals surface area (Å²) >= 11 is 0. The topological polar surface area (TPSA) is 80.5 Å². The summed E-state index contributed by atoms with van der Waals surface area (Å²) in [7, 11) is 0. The zero-order chi connectivity index (χ0) is 13.0. The number of aromatic nitrogens is 1. The lowest BCUT2D eigenvalue weighted by molar-refractivity contribution is -0.00490. The van der Waals surface area contributed by atoms with Gasteiger partial charge < -0.3 is 4.74 Å². The van der Waals surface area contributed by atoms with Gasteiger partial charge in [-0.05, 0) is 19.1 Å². The Hall–Kier alpha value is -1.50. The van der Waals surface area contributed by atoms with Crippen molar-refractivity contribution in [3.8, 4) is 0 Å². The molecule has 0 spiro atoms. The van der Waals surface area contributed by atoms with Crippen molar-refractivity contribution in [3.63, 3.8) is 0 Å². The number of rotatable bonds is 3. The van der Waals surface area contributed by atoms with Crippen molar-refractivity contribution < 1.29 is 9.53 Å². The average Bonchev–Trinajstić information content (AvgIpc) is 2.41. The van der Waals surface area contributed by atoms with E-state index in [-0.39, 0.29) is 5.91 Å². The molecule has 98 valence electrons. The largest absolute Gasteiger partial charge is 0.379 e. The van der Waals surface area contributed by atoms with E-state index >= 15 is 0 Å². The van der Waals surface area contributed by atoms with E-state index in [9.17, 15) is 4.79 Å². The molecule has 0 radical (unpaired) electrons. The van der Waals surface area contributed by atoms with Crippen LogP contribution in [0.2, 0.25) is 0 Å². The Balaban J connectivity index is 1.99. The Labute approximate surface area is 106 Å². The first-order valence-corrected chi connectivity index (χ1v) is 5.98. The van der Waals surface area contributed by atoms with Crippen LogP contribution in [0.4, 0.5) is 0 Å². The summed E-state index contributed by atoms with van der Waals surface area (Å²) in [6.07, 6.45) is 1.54. The van der Waals surface area contributed by atoms with E-state index in [1.54, 1.807) is 12.3 Å². The molecular formula is C12H18N4O2. The van der Waals surface area contributed by atoms with E-state index in [0.29, 0.717) is 11.6 Å². The van der Waals surface area contributed by atoms with Gasteiger partial charge in [0.05, 0.1) is 24.5 Å². The highest BCUT2D eigenvalue weighted by Gasteiger charge is 2.19. The number of hydrogen-bond acceptors (Lipinski definition) is 5. The van der Waals surface area contributed by atoms with E-state index in [0.717, 1.165) is 32.0 Å². The van der Waals surface area contributed by atoms with E-state index < -0.39 is 0 Å². The van der Waals surface area contributed by atoms with Gasteiger partial charge in [0.1, 0.15) is 0 Å². The van der Waals surface area contributed by atoms with Gasteiger partial charge in [-0.15, -0.1) is 0 Å². The molecule has 6 nitrogen and oxygen atoms in total. The Bertz CT molecular complexity index is 407. The monoisotopic (exact) mass is 250 g/mol. The van der Waals surface area contributed by atoms with Crippen molar-refractivity contribution in [1.82, 2.24) is 15.3 Å². The number of nitrogens with two attached hydrogens (primary N) is 1. The number of hydrogen-bond donors (Lipinski definition) is 2. The van der Waals surface area contributed by atoms with Gasteiger partial charge in [0.15, 0.2) is 0 Å². The molecule has 1 unspecified atom stereocenters. The molecule has 0 saturated carbocycles. The Morgan fingerprint density at radius 1 is 1.67 bits per heavy atom. The van der Waals surface area contributed by atoms with Crippen LogP contribution in [0.25, 0.3) is 0 Å². The molecule has 1 aliphatic heterocycles. The smallest absolute Gasteiger partial charge is 0.266 e. The number of carbonyl (C=O) groups is 1. The van der Waals surface area contributed by atoms with Gasteiger partial charge in [-0.2, -0.15) is 0 Å². The highest BCUT2D eigenvalue weighted by atomic mass is 16.5. The van der Waals surface area contributed by atoms with Gasteiger partial charge in [-0.1, -0.05) is 0 Å². The molecule has 0 aliphatic carbocycles. The highest BCUT2D eigenvalue weighted by Crippen LogP contribution is 2.11. The molecule has 1 aliphatic rings. The number of morpholine rings is 1. The number of carbonyl (C=O) groups excluding carboxylic acids is 1. The fraction of sp³-hybridized carbons (Fsp3) is 0.500. The Morgan fingerprint density at radius 2 is 2.50 bits per heavy atom. The number of hydrazine groups is 1. The first kappa shape index (κ1) is 12.9. The molecule has 0 aromatic carbocycles. The third kappa shape index (κ3) is 3.04. The first-order valence-electron chi connectivity index (χ1n) is 5.98. The number of nitrogen functional groups attached to an aromatic ring is 1. The molecule has 1 amide bonds. The standard InChI is InChI=1S/C12H18N4O2/c1-9-8-18-5-4-16(9)7-11-3-2-10(6-14-11)12(17)15-13/h2-3,6,9H,4-5,7-8,13H2,1H3,(H,15,17). The van der Waals surface area contributed by atoms with E-state index in [1.165, 1.54) is 0 Å². The van der Waals surface area contributed by atoms with Crippen LogP contribution in [0.15, 0.2) is 18.3 Å². The van der Waals surface area contributed by atoms with Crippen molar-refractivity contribution in [3.05, 3.63) is 29.6 Å². The van der Waals surface area contributed by atoms with Gasteiger partial charge in [-0.3, -0.25) is 20.1 Å². The van der Waals surface area contributed by atoms with Gasteiger partial charge in [0.2, 0.25) is 0 Å². The molecule has 2 rings (SSSR count).